The van der Waals surface area contributed by atoms with Crippen LogP contribution in [0, 0.1) is 0 Å². The minimum atomic E-state index is -4.78. The summed E-state index contributed by atoms with van der Waals surface area (Å²) in [5, 5.41) is 11.7. The molecule has 2 N–H and O–H groups in total. The van der Waals surface area contributed by atoms with Crippen LogP contribution in [0.2, 0.25) is 0 Å². The van der Waals surface area contributed by atoms with Crippen LogP contribution < -0.4 is 10.1 Å². The molecule has 9 heteroatoms. The van der Waals surface area contributed by atoms with Crippen molar-refractivity contribution in [2.24, 2.45) is 0 Å². The summed E-state index contributed by atoms with van der Waals surface area (Å²) in [6, 6.07) is 5.63. The van der Waals surface area contributed by atoms with Crippen molar-refractivity contribution in [2.45, 2.75) is 32.7 Å². The van der Waals surface area contributed by atoms with Crippen LogP contribution in [-0.2, 0) is 6.42 Å². The van der Waals surface area contributed by atoms with Crippen LogP contribution in [0.15, 0.2) is 34.7 Å². The molecule has 1 heterocycles. The molecule has 0 unspecified atom stereocenters. The second-order valence-electron chi connectivity index (χ2n) is 5.42. The van der Waals surface area contributed by atoms with Crippen molar-refractivity contribution in [1.29, 1.82) is 0 Å². The molecule has 0 radical (unpaired) electrons. The Kier molecular flexibility index (Phi) is 5.59. The first kappa shape index (κ1) is 19.4. The molecule has 0 aliphatic heterocycles. The number of aromatic carboxylic acids is 1. The summed E-state index contributed by atoms with van der Waals surface area (Å²) in [7, 11) is 0. The average Bonchev–Trinajstić information content (AvgIpc) is 2.98. The maximum Gasteiger partial charge on any atom is 0.573 e. The van der Waals surface area contributed by atoms with Crippen LogP contribution in [0.3, 0.4) is 0 Å². The van der Waals surface area contributed by atoms with Crippen molar-refractivity contribution in [1.82, 2.24) is 5.32 Å². The van der Waals surface area contributed by atoms with Gasteiger partial charge in [0.1, 0.15) is 17.1 Å². The minimum absolute atomic E-state index is 0.0843. The zero-order valence-corrected chi connectivity index (χ0v) is 13.9. The molecule has 0 saturated carbocycles. The number of carboxylic acids is 1. The van der Waals surface area contributed by atoms with E-state index in [1.165, 1.54) is 12.1 Å². The first-order valence-electron chi connectivity index (χ1n) is 7.63. The zero-order valence-electron chi connectivity index (χ0n) is 13.9. The number of amides is 1. The van der Waals surface area contributed by atoms with Crippen LogP contribution in [-0.4, -0.2) is 23.3 Å². The van der Waals surface area contributed by atoms with E-state index >= 15 is 0 Å². The standard InChI is InChI=1S/C17H16F3NO5/c1-3-13-12(16(23)24)8-14(25-13)15(22)21-9(2)10-4-6-11(7-5-10)26-17(18,19)20/h4-9H,3H2,1-2H3,(H,21,22)(H,23,24)/t9-/m0/s1. The summed E-state index contributed by atoms with van der Waals surface area (Å²) in [6.45, 7) is 3.32. The normalized spacial score (nSPS) is 12.5. The number of aryl methyl sites for hydroxylation is 1. The van der Waals surface area contributed by atoms with Gasteiger partial charge in [-0.2, -0.15) is 0 Å². The van der Waals surface area contributed by atoms with E-state index in [0.29, 0.717) is 12.0 Å². The van der Waals surface area contributed by atoms with Gasteiger partial charge in [-0.25, -0.2) is 4.79 Å². The molecule has 1 aromatic heterocycles. The van der Waals surface area contributed by atoms with E-state index < -0.39 is 24.3 Å². The largest absolute Gasteiger partial charge is 0.573 e. The minimum Gasteiger partial charge on any atom is -0.478 e. The lowest BCUT2D eigenvalue weighted by atomic mass is 10.1. The van der Waals surface area contributed by atoms with E-state index in [9.17, 15) is 22.8 Å². The van der Waals surface area contributed by atoms with Gasteiger partial charge in [0.15, 0.2) is 5.76 Å². The summed E-state index contributed by atoms with van der Waals surface area (Å²) in [5.41, 5.74) is 0.451. The third-order valence-corrected chi connectivity index (χ3v) is 3.55. The number of furan rings is 1. The number of carboxylic acid groups (broad SMARTS) is 1. The fourth-order valence-electron chi connectivity index (χ4n) is 2.29. The molecule has 140 valence electrons. The van der Waals surface area contributed by atoms with Crippen molar-refractivity contribution < 1.29 is 37.0 Å². The highest BCUT2D eigenvalue weighted by Crippen LogP contribution is 2.24. The highest BCUT2D eigenvalue weighted by atomic mass is 19.4. The summed E-state index contributed by atoms with van der Waals surface area (Å²) in [4.78, 5) is 23.3. The van der Waals surface area contributed by atoms with Crippen LogP contribution in [0.4, 0.5) is 13.2 Å². The number of nitrogens with one attached hydrogen (secondary N) is 1. The summed E-state index contributed by atoms with van der Waals surface area (Å²) < 4.78 is 45.5. The number of carbonyl (C=O) groups excluding carboxylic acids is 1. The lowest BCUT2D eigenvalue weighted by Gasteiger charge is -2.14. The number of alkyl halides is 3. The Bertz CT molecular complexity index is 796. The van der Waals surface area contributed by atoms with Gasteiger partial charge in [-0.05, 0) is 24.6 Å². The molecule has 0 spiro atoms. The van der Waals surface area contributed by atoms with Gasteiger partial charge >= 0.3 is 12.3 Å². The lowest BCUT2D eigenvalue weighted by Crippen LogP contribution is -2.26. The summed E-state index contributed by atoms with van der Waals surface area (Å²) >= 11 is 0. The van der Waals surface area contributed by atoms with E-state index in [0.717, 1.165) is 18.2 Å². The second-order valence-corrected chi connectivity index (χ2v) is 5.42. The maximum atomic E-state index is 12.2. The number of ether oxygens (including phenoxy) is 1. The highest BCUT2D eigenvalue weighted by molar-refractivity contribution is 5.96. The van der Waals surface area contributed by atoms with Gasteiger partial charge in [-0.1, -0.05) is 19.1 Å². The number of benzene rings is 1. The van der Waals surface area contributed by atoms with Crippen LogP contribution >= 0.6 is 0 Å². The molecule has 0 aliphatic rings. The van der Waals surface area contributed by atoms with Gasteiger partial charge in [-0.3, -0.25) is 4.79 Å². The molecule has 1 atom stereocenters. The van der Waals surface area contributed by atoms with Gasteiger partial charge < -0.3 is 19.6 Å². The Hall–Kier alpha value is -2.97. The Morgan fingerprint density at radius 3 is 2.35 bits per heavy atom. The molecule has 26 heavy (non-hydrogen) atoms. The van der Waals surface area contributed by atoms with Crippen molar-refractivity contribution in [3.05, 3.63) is 53.0 Å². The first-order valence-corrected chi connectivity index (χ1v) is 7.63. The van der Waals surface area contributed by atoms with Crippen molar-refractivity contribution in [3.8, 4) is 5.75 Å². The van der Waals surface area contributed by atoms with Crippen LogP contribution in [0.5, 0.6) is 5.75 Å². The molecule has 1 aromatic carbocycles. The number of halogens is 3. The van der Waals surface area contributed by atoms with Crippen LogP contribution in [0.1, 0.15) is 52.1 Å². The average molecular weight is 371 g/mol. The third-order valence-electron chi connectivity index (χ3n) is 3.55. The van der Waals surface area contributed by atoms with Gasteiger partial charge in [0.05, 0.1) is 6.04 Å². The van der Waals surface area contributed by atoms with Crippen molar-refractivity contribution >= 4 is 11.9 Å². The predicted molar refractivity (Wildman–Crippen MR) is 84.1 cm³/mol. The maximum absolute atomic E-state index is 12.2. The number of hydrogen-bond donors (Lipinski definition) is 2. The lowest BCUT2D eigenvalue weighted by molar-refractivity contribution is -0.274. The molecule has 1 amide bonds. The fourth-order valence-corrected chi connectivity index (χ4v) is 2.29. The quantitative estimate of drug-likeness (QED) is 0.803. The van der Waals surface area contributed by atoms with Gasteiger partial charge in [0.2, 0.25) is 0 Å². The van der Waals surface area contributed by atoms with E-state index in [1.807, 2.05) is 0 Å². The molecular formula is C17H16F3NO5. The molecule has 0 aliphatic carbocycles. The Morgan fingerprint density at radius 1 is 1.27 bits per heavy atom. The monoisotopic (exact) mass is 371 g/mol. The fraction of sp³-hybridized carbons (Fsp3) is 0.294. The molecule has 2 aromatic rings. The van der Waals surface area contributed by atoms with E-state index in [-0.39, 0.29) is 22.8 Å². The smallest absolute Gasteiger partial charge is 0.478 e. The van der Waals surface area contributed by atoms with Crippen molar-refractivity contribution in [2.75, 3.05) is 0 Å². The van der Waals surface area contributed by atoms with E-state index in [1.54, 1.807) is 13.8 Å². The third kappa shape index (κ3) is 4.78. The van der Waals surface area contributed by atoms with E-state index in [2.05, 4.69) is 10.1 Å². The molecule has 2 rings (SSSR count). The SMILES string of the molecule is CCc1oc(C(=O)N[C@@H](C)c2ccc(OC(F)(F)F)cc2)cc1C(=O)O. The summed E-state index contributed by atoms with van der Waals surface area (Å²) in [6.07, 6.45) is -4.47. The van der Waals surface area contributed by atoms with Gasteiger partial charge in [0, 0.05) is 12.5 Å². The Labute approximate surface area is 146 Å². The van der Waals surface area contributed by atoms with Crippen LogP contribution in [0.25, 0.3) is 0 Å². The highest BCUT2D eigenvalue weighted by Gasteiger charge is 2.31. The second kappa shape index (κ2) is 7.51. The molecule has 0 bridgehead atoms. The predicted octanol–water partition coefficient (Wildman–Crippen LogP) is 3.93. The van der Waals surface area contributed by atoms with E-state index in [4.69, 9.17) is 9.52 Å². The number of carbonyl (C=O) groups is 2. The Balaban J connectivity index is 2.08. The number of rotatable bonds is 6. The molecule has 6 nitrogen and oxygen atoms in total. The van der Waals surface area contributed by atoms with Crippen molar-refractivity contribution in [3.63, 3.8) is 0 Å². The van der Waals surface area contributed by atoms with Gasteiger partial charge in [0.25, 0.3) is 5.91 Å². The topological polar surface area (TPSA) is 88.8 Å². The molecule has 0 saturated heterocycles. The Morgan fingerprint density at radius 2 is 1.88 bits per heavy atom. The first-order chi connectivity index (χ1) is 12.1. The molecular weight excluding hydrogens is 355 g/mol. The summed E-state index contributed by atoms with van der Waals surface area (Å²) in [5.74, 6) is -2.16. The zero-order chi connectivity index (χ0) is 19.5. The number of hydrogen-bond acceptors (Lipinski definition) is 4. The molecule has 0 fully saturated rings. The van der Waals surface area contributed by atoms with Gasteiger partial charge in [-0.15, -0.1) is 13.2 Å².